The van der Waals surface area contributed by atoms with Crippen LogP contribution in [0.2, 0.25) is 5.02 Å². The number of aliphatic hydroxyl groups excluding tert-OH is 1. The van der Waals surface area contributed by atoms with Gasteiger partial charge in [0.1, 0.15) is 23.7 Å². The Morgan fingerprint density at radius 1 is 1.23 bits per heavy atom. The topological polar surface area (TPSA) is 111 Å². The molecule has 1 saturated carbocycles. The predicted molar refractivity (Wildman–Crippen MR) is 133 cm³/mol. The molecule has 9 heteroatoms. The zero-order valence-electron chi connectivity index (χ0n) is 20.6. The average molecular weight is 498 g/mol. The maximum absolute atomic E-state index is 13.1. The molecule has 0 unspecified atom stereocenters. The smallest absolute Gasteiger partial charge is 0.253 e. The normalized spacial score (nSPS) is 23.2. The summed E-state index contributed by atoms with van der Waals surface area (Å²) in [5, 5.41) is 21.8. The molecule has 0 aromatic carbocycles. The van der Waals surface area contributed by atoms with Crippen molar-refractivity contribution >= 4 is 23.3 Å². The van der Waals surface area contributed by atoms with E-state index in [1.54, 1.807) is 12.3 Å². The summed E-state index contributed by atoms with van der Waals surface area (Å²) in [5.41, 5.74) is -0.0444. The van der Waals surface area contributed by atoms with Gasteiger partial charge >= 0.3 is 0 Å². The van der Waals surface area contributed by atoms with Crippen LogP contribution in [0.25, 0.3) is 0 Å². The minimum Gasteiger partial charge on any atom is -0.487 e. The molecule has 0 atom stereocenters. The lowest BCUT2D eigenvalue weighted by atomic mass is 9.49. The van der Waals surface area contributed by atoms with Crippen LogP contribution in [-0.4, -0.2) is 52.8 Å². The first-order valence-corrected chi connectivity index (χ1v) is 12.3. The molecule has 0 bridgehead atoms. The van der Waals surface area contributed by atoms with Gasteiger partial charge in [-0.2, -0.15) is 5.26 Å². The number of ether oxygens (including phenoxy) is 1. The number of carbonyl (C=O) groups excluding carboxylic acids is 1. The highest BCUT2D eigenvalue weighted by molar-refractivity contribution is 6.31. The van der Waals surface area contributed by atoms with Crippen molar-refractivity contribution in [2.75, 3.05) is 24.6 Å². The Balaban J connectivity index is 1.40. The summed E-state index contributed by atoms with van der Waals surface area (Å²) in [6.07, 6.45) is 4.82. The monoisotopic (exact) mass is 497 g/mol. The molecule has 2 aromatic heterocycles. The number of amides is 1. The second-order valence-corrected chi connectivity index (χ2v) is 11.1. The minimum absolute atomic E-state index is 0.133. The fourth-order valence-corrected chi connectivity index (χ4v) is 5.97. The van der Waals surface area contributed by atoms with Gasteiger partial charge in [0.2, 0.25) is 0 Å². The second-order valence-electron chi connectivity index (χ2n) is 10.7. The molecule has 2 N–H and O–H groups in total. The van der Waals surface area contributed by atoms with Crippen molar-refractivity contribution in [1.29, 1.82) is 5.26 Å². The summed E-state index contributed by atoms with van der Waals surface area (Å²) in [7, 11) is 0. The molecule has 1 saturated heterocycles. The second kappa shape index (κ2) is 9.63. The van der Waals surface area contributed by atoms with Gasteiger partial charge in [-0.3, -0.25) is 4.79 Å². The SMILES string of the molecule is CC1(C)C(NC(=O)c2ccc(N3CCC(CO)CC3)nc2)C(C)(C)C1Oc1cnc(C#N)c(Cl)c1. The van der Waals surface area contributed by atoms with E-state index in [0.29, 0.717) is 17.2 Å². The molecular formula is C26H32ClN5O3. The zero-order valence-corrected chi connectivity index (χ0v) is 21.3. The van der Waals surface area contributed by atoms with Crippen molar-refractivity contribution in [2.45, 2.75) is 52.7 Å². The third-order valence-electron chi connectivity index (χ3n) is 7.50. The Morgan fingerprint density at radius 2 is 1.91 bits per heavy atom. The Bertz CT molecular complexity index is 1100. The van der Waals surface area contributed by atoms with Gasteiger partial charge in [0.05, 0.1) is 16.8 Å². The zero-order chi connectivity index (χ0) is 25.4. The Labute approximate surface area is 211 Å². The van der Waals surface area contributed by atoms with Crippen LogP contribution in [0.3, 0.4) is 0 Å². The quantitative estimate of drug-likeness (QED) is 0.623. The molecule has 186 valence electrons. The van der Waals surface area contributed by atoms with Gasteiger partial charge < -0.3 is 20.1 Å². The van der Waals surface area contributed by atoms with Gasteiger partial charge in [-0.05, 0) is 30.9 Å². The lowest BCUT2D eigenvalue weighted by Crippen LogP contribution is -2.74. The number of nitriles is 1. The van der Waals surface area contributed by atoms with Crippen LogP contribution >= 0.6 is 11.6 Å². The first kappa shape index (κ1) is 25.2. The number of carbonyl (C=O) groups is 1. The fraction of sp³-hybridized carbons (Fsp3) is 0.538. The molecule has 0 spiro atoms. The van der Waals surface area contributed by atoms with Crippen molar-refractivity contribution < 1.29 is 14.6 Å². The van der Waals surface area contributed by atoms with Gasteiger partial charge in [-0.15, -0.1) is 0 Å². The van der Waals surface area contributed by atoms with Crippen molar-refractivity contribution in [3.63, 3.8) is 0 Å². The van der Waals surface area contributed by atoms with Gasteiger partial charge in [0.15, 0.2) is 5.69 Å². The van der Waals surface area contributed by atoms with Crippen LogP contribution < -0.4 is 15.0 Å². The molecule has 3 heterocycles. The molecule has 1 aliphatic carbocycles. The fourth-order valence-electron chi connectivity index (χ4n) is 5.77. The predicted octanol–water partition coefficient (Wildman–Crippen LogP) is 3.82. The standard InChI is InChI=1S/C26H32ClN5O3/c1-25(2)23(26(3,4)24(25)35-18-11-19(27)20(12-28)29-14-18)31-22(34)17-5-6-21(30-13-17)32-9-7-16(15-33)8-10-32/h5-6,11,13-14,16,23-24,33H,7-10,15H2,1-4H3,(H,31,34). The van der Waals surface area contributed by atoms with Gasteiger partial charge in [0.25, 0.3) is 5.91 Å². The molecule has 0 radical (unpaired) electrons. The van der Waals surface area contributed by atoms with Crippen molar-refractivity contribution in [3.05, 3.63) is 46.9 Å². The highest BCUT2D eigenvalue weighted by Crippen LogP contribution is 2.55. The first-order chi connectivity index (χ1) is 16.6. The van der Waals surface area contributed by atoms with Crippen molar-refractivity contribution in [2.24, 2.45) is 16.7 Å². The largest absolute Gasteiger partial charge is 0.487 e. The molecule has 35 heavy (non-hydrogen) atoms. The number of aromatic nitrogens is 2. The molecular weight excluding hydrogens is 466 g/mol. The number of halogens is 1. The van der Waals surface area contributed by atoms with E-state index < -0.39 is 0 Å². The Morgan fingerprint density at radius 3 is 2.46 bits per heavy atom. The van der Waals surface area contributed by atoms with Crippen molar-refractivity contribution in [1.82, 2.24) is 15.3 Å². The third kappa shape index (κ3) is 4.80. The molecule has 4 rings (SSSR count). The number of nitrogens with zero attached hydrogens (tertiary/aromatic N) is 4. The van der Waals surface area contributed by atoms with E-state index in [9.17, 15) is 9.90 Å². The van der Waals surface area contributed by atoms with Crippen LogP contribution in [-0.2, 0) is 0 Å². The van der Waals surface area contributed by atoms with Crippen LogP contribution in [0.4, 0.5) is 5.82 Å². The van der Waals surface area contributed by atoms with E-state index in [2.05, 4.69) is 47.9 Å². The van der Waals surface area contributed by atoms with Gasteiger partial charge in [-0.25, -0.2) is 9.97 Å². The van der Waals surface area contributed by atoms with E-state index in [-0.39, 0.29) is 46.2 Å². The Kier molecular flexibility index (Phi) is 6.94. The molecule has 1 amide bonds. The van der Waals surface area contributed by atoms with E-state index >= 15 is 0 Å². The summed E-state index contributed by atoms with van der Waals surface area (Å²) in [4.78, 5) is 23.9. The first-order valence-electron chi connectivity index (χ1n) is 11.9. The molecule has 2 aliphatic rings. The summed E-state index contributed by atoms with van der Waals surface area (Å²) >= 11 is 6.11. The number of anilines is 1. The minimum atomic E-state index is -0.357. The number of hydrogen-bond donors (Lipinski definition) is 2. The molecule has 8 nitrogen and oxygen atoms in total. The van der Waals surface area contributed by atoms with E-state index in [0.717, 1.165) is 31.7 Å². The summed E-state index contributed by atoms with van der Waals surface area (Å²) < 4.78 is 6.24. The lowest BCUT2D eigenvalue weighted by molar-refractivity contribution is -0.164. The highest BCUT2D eigenvalue weighted by Gasteiger charge is 2.64. The number of rotatable bonds is 6. The number of nitrogens with one attached hydrogen (secondary N) is 1. The molecule has 1 aliphatic heterocycles. The molecule has 2 fully saturated rings. The van der Waals surface area contributed by atoms with Gasteiger partial charge in [0, 0.05) is 48.8 Å². The van der Waals surface area contributed by atoms with Crippen LogP contribution in [0.5, 0.6) is 5.75 Å². The summed E-state index contributed by atoms with van der Waals surface area (Å²) in [5.74, 6) is 1.54. The number of pyridine rings is 2. The maximum Gasteiger partial charge on any atom is 0.253 e. The molecule has 2 aromatic rings. The number of aliphatic hydroxyl groups is 1. The summed E-state index contributed by atoms with van der Waals surface area (Å²) in [6, 6.07) is 7.11. The van der Waals surface area contributed by atoms with Crippen LogP contribution in [0.15, 0.2) is 30.6 Å². The van der Waals surface area contributed by atoms with E-state index in [1.165, 1.54) is 6.20 Å². The Hall–Kier alpha value is -2.89. The van der Waals surface area contributed by atoms with Gasteiger partial charge in [-0.1, -0.05) is 39.3 Å². The van der Waals surface area contributed by atoms with Crippen LogP contribution in [0, 0.1) is 28.1 Å². The third-order valence-corrected chi connectivity index (χ3v) is 7.79. The van der Waals surface area contributed by atoms with Crippen molar-refractivity contribution in [3.8, 4) is 11.8 Å². The highest BCUT2D eigenvalue weighted by atomic mass is 35.5. The number of hydrogen-bond acceptors (Lipinski definition) is 7. The van der Waals surface area contributed by atoms with Crippen LogP contribution in [0.1, 0.15) is 56.6 Å². The van der Waals surface area contributed by atoms with E-state index in [4.69, 9.17) is 21.6 Å². The number of piperidine rings is 1. The average Bonchev–Trinajstić information content (AvgIpc) is 2.85. The van der Waals surface area contributed by atoms with E-state index in [1.807, 2.05) is 18.2 Å². The maximum atomic E-state index is 13.1. The lowest BCUT2D eigenvalue weighted by Gasteiger charge is -2.63. The summed E-state index contributed by atoms with van der Waals surface area (Å²) in [6.45, 7) is 10.2.